The third-order valence-corrected chi connectivity index (χ3v) is 3.04. The van der Waals surface area contributed by atoms with Crippen molar-refractivity contribution in [1.29, 1.82) is 0 Å². The fraction of sp³-hybridized carbons (Fsp3) is 0.462. The zero-order valence-corrected chi connectivity index (χ0v) is 11.1. The molecule has 0 aliphatic heterocycles. The number of carboxylic acids is 1. The van der Waals surface area contributed by atoms with Crippen molar-refractivity contribution in [1.82, 2.24) is 0 Å². The van der Waals surface area contributed by atoms with Gasteiger partial charge < -0.3 is 20.3 Å². The Morgan fingerprint density at radius 3 is 2.39 bits per heavy atom. The van der Waals surface area contributed by atoms with E-state index < -0.39 is 12.0 Å². The van der Waals surface area contributed by atoms with E-state index >= 15 is 0 Å². The summed E-state index contributed by atoms with van der Waals surface area (Å²) < 4.78 is 10.6. The Labute approximate surface area is 107 Å². The van der Waals surface area contributed by atoms with E-state index in [1.54, 1.807) is 20.3 Å². The van der Waals surface area contributed by atoms with Crippen LogP contribution in [0.3, 0.4) is 0 Å². The molecule has 0 spiro atoms. The molecule has 1 rings (SSSR count). The maximum atomic E-state index is 10.7. The number of nitrogens with two attached hydrogens (primary N) is 1. The van der Waals surface area contributed by atoms with Crippen LogP contribution in [0.1, 0.15) is 29.2 Å². The fourth-order valence-corrected chi connectivity index (χ4v) is 1.94. The van der Waals surface area contributed by atoms with Crippen molar-refractivity contribution in [3.05, 3.63) is 22.8 Å². The topological polar surface area (TPSA) is 81.8 Å². The van der Waals surface area contributed by atoms with E-state index in [9.17, 15) is 4.79 Å². The highest BCUT2D eigenvalue weighted by molar-refractivity contribution is 5.68. The van der Waals surface area contributed by atoms with Gasteiger partial charge in [0, 0.05) is 11.6 Å². The zero-order valence-electron chi connectivity index (χ0n) is 11.1. The number of hydrogen-bond donors (Lipinski definition) is 2. The predicted molar refractivity (Wildman–Crippen MR) is 68.2 cm³/mol. The van der Waals surface area contributed by atoms with Gasteiger partial charge in [0.1, 0.15) is 11.5 Å². The molecule has 0 aromatic heterocycles. The van der Waals surface area contributed by atoms with Gasteiger partial charge in [-0.25, -0.2) is 0 Å². The minimum atomic E-state index is -0.943. The lowest BCUT2D eigenvalue weighted by Gasteiger charge is -2.20. The highest BCUT2D eigenvalue weighted by Crippen LogP contribution is 2.36. The van der Waals surface area contributed by atoms with Gasteiger partial charge >= 0.3 is 5.97 Å². The number of carboxylic acid groups (broad SMARTS) is 1. The van der Waals surface area contributed by atoms with Crippen molar-refractivity contribution in [3.8, 4) is 11.5 Å². The molecule has 0 heterocycles. The summed E-state index contributed by atoms with van der Waals surface area (Å²) in [5.74, 6) is 0.368. The molecule has 0 bridgehead atoms. The van der Waals surface area contributed by atoms with Gasteiger partial charge in [-0.15, -0.1) is 0 Å². The summed E-state index contributed by atoms with van der Waals surface area (Å²) in [5, 5.41) is 8.81. The first-order valence-corrected chi connectivity index (χ1v) is 5.61. The third-order valence-electron chi connectivity index (χ3n) is 3.04. The molecule has 0 aliphatic rings. The number of benzene rings is 1. The maximum absolute atomic E-state index is 10.7. The molecule has 0 fully saturated rings. The summed E-state index contributed by atoms with van der Waals surface area (Å²) in [6.07, 6.45) is -0.151. The summed E-state index contributed by atoms with van der Waals surface area (Å²) in [4.78, 5) is 10.7. The van der Waals surface area contributed by atoms with E-state index in [0.717, 1.165) is 11.1 Å². The van der Waals surface area contributed by atoms with Gasteiger partial charge in [0.05, 0.1) is 20.6 Å². The third kappa shape index (κ3) is 2.73. The smallest absolute Gasteiger partial charge is 0.305 e. The molecule has 0 saturated heterocycles. The average molecular weight is 253 g/mol. The minimum Gasteiger partial charge on any atom is -0.496 e. The molecule has 3 N–H and O–H groups in total. The predicted octanol–water partition coefficient (Wildman–Crippen LogP) is 1.80. The minimum absolute atomic E-state index is 0.151. The van der Waals surface area contributed by atoms with Crippen molar-refractivity contribution >= 4 is 5.97 Å². The number of aliphatic carboxylic acids is 1. The fourth-order valence-electron chi connectivity index (χ4n) is 1.94. The molecule has 5 heteroatoms. The molecule has 18 heavy (non-hydrogen) atoms. The van der Waals surface area contributed by atoms with Crippen LogP contribution < -0.4 is 15.2 Å². The molecule has 100 valence electrons. The van der Waals surface area contributed by atoms with Crippen LogP contribution in [0.5, 0.6) is 11.5 Å². The molecule has 1 unspecified atom stereocenters. The summed E-state index contributed by atoms with van der Waals surface area (Å²) in [7, 11) is 3.12. The second-order valence-corrected chi connectivity index (χ2v) is 4.16. The Bertz CT molecular complexity index is 457. The van der Waals surface area contributed by atoms with Crippen LogP contribution in [-0.2, 0) is 4.79 Å². The largest absolute Gasteiger partial charge is 0.496 e. The van der Waals surface area contributed by atoms with Crippen LogP contribution in [-0.4, -0.2) is 25.3 Å². The van der Waals surface area contributed by atoms with E-state index in [1.165, 1.54) is 0 Å². The molecule has 1 aromatic carbocycles. The quantitative estimate of drug-likeness (QED) is 0.836. The Hall–Kier alpha value is -1.75. The first kappa shape index (κ1) is 14.3. The van der Waals surface area contributed by atoms with Crippen LogP contribution in [0, 0.1) is 13.8 Å². The van der Waals surface area contributed by atoms with Crippen LogP contribution in [0.2, 0.25) is 0 Å². The van der Waals surface area contributed by atoms with Crippen LogP contribution in [0.15, 0.2) is 6.07 Å². The number of rotatable bonds is 5. The molecular weight excluding hydrogens is 234 g/mol. The van der Waals surface area contributed by atoms with Gasteiger partial charge in [0.2, 0.25) is 0 Å². The SMILES string of the molecule is COc1cc(C(N)CC(=O)O)c(OC)c(C)c1C. The van der Waals surface area contributed by atoms with Crippen LogP contribution in [0.25, 0.3) is 0 Å². The Morgan fingerprint density at radius 2 is 1.94 bits per heavy atom. The molecule has 1 atom stereocenters. The number of hydrogen-bond acceptors (Lipinski definition) is 4. The van der Waals surface area contributed by atoms with Crippen molar-refractivity contribution in [3.63, 3.8) is 0 Å². The van der Waals surface area contributed by atoms with Crippen molar-refractivity contribution in [2.24, 2.45) is 5.73 Å². The van der Waals surface area contributed by atoms with Gasteiger partial charge in [0.15, 0.2) is 0 Å². The van der Waals surface area contributed by atoms with Gasteiger partial charge in [-0.3, -0.25) is 4.79 Å². The van der Waals surface area contributed by atoms with Crippen molar-refractivity contribution < 1.29 is 19.4 Å². The van der Waals surface area contributed by atoms with Gasteiger partial charge in [0.25, 0.3) is 0 Å². The monoisotopic (exact) mass is 253 g/mol. The second kappa shape index (κ2) is 5.73. The number of carbonyl (C=O) groups is 1. The Kier molecular flexibility index (Phi) is 4.55. The van der Waals surface area contributed by atoms with E-state index in [1.807, 2.05) is 13.8 Å². The van der Waals surface area contributed by atoms with Crippen LogP contribution in [0.4, 0.5) is 0 Å². The van der Waals surface area contributed by atoms with Crippen molar-refractivity contribution in [2.45, 2.75) is 26.3 Å². The summed E-state index contributed by atoms with van der Waals surface area (Å²) in [6, 6.07) is 1.13. The van der Waals surface area contributed by atoms with Crippen LogP contribution >= 0.6 is 0 Å². The highest BCUT2D eigenvalue weighted by atomic mass is 16.5. The highest BCUT2D eigenvalue weighted by Gasteiger charge is 2.20. The molecule has 0 amide bonds. The molecule has 0 saturated carbocycles. The first-order valence-electron chi connectivity index (χ1n) is 5.61. The zero-order chi connectivity index (χ0) is 13.9. The normalized spacial score (nSPS) is 12.1. The lowest BCUT2D eigenvalue weighted by atomic mass is 9.97. The lowest BCUT2D eigenvalue weighted by Crippen LogP contribution is -2.17. The van der Waals surface area contributed by atoms with E-state index in [2.05, 4.69) is 0 Å². The lowest BCUT2D eigenvalue weighted by molar-refractivity contribution is -0.137. The maximum Gasteiger partial charge on any atom is 0.305 e. The standard InChI is InChI=1S/C13H19NO4/c1-7-8(2)13(18-4)9(5-11(7)17-3)10(14)6-12(15)16/h5,10H,6,14H2,1-4H3,(H,15,16). The molecular formula is C13H19NO4. The summed E-state index contributed by atoms with van der Waals surface area (Å²) in [6.45, 7) is 3.82. The second-order valence-electron chi connectivity index (χ2n) is 4.16. The Balaban J connectivity index is 3.32. The number of methoxy groups -OCH3 is 2. The first-order chi connectivity index (χ1) is 8.42. The van der Waals surface area contributed by atoms with Crippen molar-refractivity contribution in [2.75, 3.05) is 14.2 Å². The van der Waals surface area contributed by atoms with Gasteiger partial charge in [-0.1, -0.05) is 0 Å². The Morgan fingerprint density at radius 1 is 1.33 bits per heavy atom. The number of ether oxygens (including phenoxy) is 2. The summed E-state index contributed by atoms with van der Waals surface area (Å²) >= 11 is 0. The van der Waals surface area contributed by atoms with Gasteiger partial charge in [-0.05, 0) is 31.0 Å². The average Bonchev–Trinajstić information content (AvgIpc) is 2.31. The van der Waals surface area contributed by atoms with E-state index in [-0.39, 0.29) is 6.42 Å². The summed E-state index contributed by atoms with van der Waals surface area (Å²) in [5.41, 5.74) is 8.42. The molecule has 1 aromatic rings. The molecule has 5 nitrogen and oxygen atoms in total. The molecule has 0 radical (unpaired) electrons. The molecule has 0 aliphatic carbocycles. The van der Waals surface area contributed by atoms with E-state index in [4.69, 9.17) is 20.3 Å². The van der Waals surface area contributed by atoms with Gasteiger partial charge in [-0.2, -0.15) is 0 Å². The van der Waals surface area contributed by atoms with E-state index in [0.29, 0.717) is 17.1 Å².